The van der Waals surface area contributed by atoms with Crippen LogP contribution in [0.5, 0.6) is 0 Å². The van der Waals surface area contributed by atoms with E-state index in [9.17, 15) is 8.42 Å². The third-order valence-electron chi connectivity index (χ3n) is 3.70. The summed E-state index contributed by atoms with van der Waals surface area (Å²) in [6.45, 7) is 0. The molecular formula is C15H15N3O3S. The second-order valence-electron chi connectivity index (χ2n) is 5.15. The largest absolute Gasteiger partial charge is 0.398 e. The van der Waals surface area contributed by atoms with Gasteiger partial charge in [0.15, 0.2) is 0 Å². The molecule has 0 heterocycles. The fraction of sp³-hybridized carbons (Fsp3) is 0.200. The van der Waals surface area contributed by atoms with Gasteiger partial charge in [-0.2, -0.15) is 18.6 Å². The van der Waals surface area contributed by atoms with E-state index in [4.69, 9.17) is 10.3 Å². The molecule has 3 N–H and O–H groups in total. The van der Waals surface area contributed by atoms with E-state index in [2.05, 4.69) is 10.2 Å². The molecule has 0 aromatic heterocycles. The average Bonchev–Trinajstić information content (AvgIpc) is 2.97. The number of hydrogen-bond donors (Lipinski definition) is 2. The summed E-state index contributed by atoms with van der Waals surface area (Å²) in [5, 5.41) is 8.35. The number of anilines is 1. The lowest BCUT2D eigenvalue weighted by molar-refractivity contribution is 0.483. The molecule has 114 valence electrons. The minimum Gasteiger partial charge on any atom is -0.398 e. The zero-order chi connectivity index (χ0) is 15.7. The Bertz CT molecular complexity index is 843. The van der Waals surface area contributed by atoms with Crippen molar-refractivity contribution in [2.24, 2.45) is 10.2 Å². The molecular weight excluding hydrogens is 302 g/mol. The normalized spacial score (nSPS) is 14.4. The smallest absolute Gasteiger partial charge is 0.294 e. The lowest BCUT2D eigenvalue weighted by atomic mass is 10.1. The van der Waals surface area contributed by atoms with Gasteiger partial charge in [-0.1, -0.05) is 0 Å². The van der Waals surface area contributed by atoms with Gasteiger partial charge in [0.25, 0.3) is 10.1 Å². The topological polar surface area (TPSA) is 105 Å². The van der Waals surface area contributed by atoms with Gasteiger partial charge in [0, 0.05) is 5.69 Å². The lowest BCUT2D eigenvalue weighted by Gasteiger charge is -2.05. The van der Waals surface area contributed by atoms with E-state index in [1.165, 1.54) is 24.3 Å². The van der Waals surface area contributed by atoms with Gasteiger partial charge in [-0.3, -0.25) is 4.55 Å². The van der Waals surface area contributed by atoms with Gasteiger partial charge in [-0.15, -0.1) is 0 Å². The molecule has 1 aliphatic rings. The zero-order valence-corrected chi connectivity index (χ0v) is 12.5. The van der Waals surface area contributed by atoms with E-state index in [-0.39, 0.29) is 4.90 Å². The van der Waals surface area contributed by atoms with Crippen molar-refractivity contribution in [3.8, 4) is 0 Å². The molecule has 0 fully saturated rings. The van der Waals surface area contributed by atoms with Crippen LogP contribution in [0.15, 0.2) is 51.5 Å². The highest BCUT2D eigenvalue weighted by atomic mass is 32.2. The second-order valence-corrected chi connectivity index (χ2v) is 6.58. The molecule has 22 heavy (non-hydrogen) atoms. The molecule has 0 radical (unpaired) electrons. The SMILES string of the molecule is Nc1ccc(/N=N/c2ccc(S(=O)(=O)O)cc2)c2c1CCC2. The molecule has 3 rings (SSSR count). The zero-order valence-electron chi connectivity index (χ0n) is 11.7. The molecule has 0 aliphatic heterocycles. The first kappa shape index (κ1) is 14.7. The molecule has 6 nitrogen and oxygen atoms in total. The monoisotopic (exact) mass is 317 g/mol. The van der Waals surface area contributed by atoms with Crippen LogP contribution in [-0.2, 0) is 23.0 Å². The maximum atomic E-state index is 11.0. The summed E-state index contributed by atoms with van der Waals surface area (Å²) in [6.07, 6.45) is 2.97. The van der Waals surface area contributed by atoms with Crippen molar-refractivity contribution in [1.29, 1.82) is 0 Å². The number of hydrogen-bond acceptors (Lipinski definition) is 5. The Morgan fingerprint density at radius 1 is 0.955 bits per heavy atom. The van der Waals surface area contributed by atoms with E-state index in [0.29, 0.717) is 5.69 Å². The van der Waals surface area contributed by atoms with Crippen molar-refractivity contribution in [2.45, 2.75) is 24.2 Å². The molecule has 0 saturated heterocycles. The number of nitrogen functional groups attached to an aromatic ring is 1. The van der Waals surface area contributed by atoms with Crippen LogP contribution < -0.4 is 5.73 Å². The van der Waals surface area contributed by atoms with E-state index < -0.39 is 10.1 Å². The van der Waals surface area contributed by atoms with Crippen LogP contribution in [0, 0.1) is 0 Å². The van der Waals surface area contributed by atoms with Gasteiger partial charge in [0.2, 0.25) is 0 Å². The van der Waals surface area contributed by atoms with E-state index in [1.807, 2.05) is 12.1 Å². The van der Waals surface area contributed by atoms with Crippen molar-refractivity contribution in [3.63, 3.8) is 0 Å². The first-order valence-corrected chi connectivity index (χ1v) is 8.29. The van der Waals surface area contributed by atoms with Crippen molar-refractivity contribution >= 4 is 27.2 Å². The molecule has 0 atom stereocenters. The second kappa shape index (κ2) is 5.51. The molecule has 7 heteroatoms. The van der Waals surface area contributed by atoms with E-state index in [0.717, 1.165) is 41.8 Å². The van der Waals surface area contributed by atoms with Gasteiger partial charge < -0.3 is 5.73 Å². The Hall–Kier alpha value is -2.25. The highest BCUT2D eigenvalue weighted by Gasteiger charge is 2.17. The van der Waals surface area contributed by atoms with E-state index in [1.54, 1.807) is 0 Å². The van der Waals surface area contributed by atoms with Crippen LogP contribution in [0.1, 0.15) is 17.5 Å². The fourth-order valence-electron chi connectivity index (χ4n) is 2.60. The number of benzene rings is 2. The maximum Gasteiger partial charge on any atom is 0.294 e. The van der Waals surface area contributed by atoms with Gasteiger partial charge in [0.05, 0.1) is 16.3 Å². The Balaban J connectivity index is 1.88. The van der Waals surface area contributed by atoms with Crippen LogP contribution in [0.25, 0.3) is 0 Å². The Labute approximate surface area is 128 Å². The number of azo groups is 1. The Morgan fingerprint density at radius 3 is 2.32 bits per heavy atom. The van der Waals surface area contributed by atoms with Crippen LogP contribution in [0.2, 0.25) is 0 Å². The average molecular weight is 317 g/mol. The lowest BCUT2D eigenvalue weighted by Crippen LogP contribution is -1.96. The molecule has 0 spiro atoms. The summed E-state index contributed by atoms with van der Waals surface area (Å²) in [6, 6.07) is 9.23. The minimum atomic E-state index is -4.19. The number of nitrogens with two attached hydrogens (primary N) is 1. The molecule has 1 aliphatic carbocycles. The molecule has 0 bridgehead atoms. The summed E-state index contributed by atoms with van der Waals surface area (Å²) >= 11 is 0. The van der Waals surface area contributed by atoms with Crippen LogP contribution >= 0.6 is 0 Å². The summed E-state index contributed by atoms with van der Waals surface area (Å²) in [7, 11) is -4.19. The summed E-state index contributed by atoms with van der Waals surface area (Å²) in [5.41, 5.74) is 10.3. The predicted octanol–water partition coefficient (Wildman–Crippen LogP) is 3.42. The number of rotatable bonds is 3. The number of fused-ring (bicyclic) bond motifs is 1. The molecule has 2 aromatic carbocycles. The quantitative estimate of drug-likeness (QED) is 0.514. The Morgan fingerprint density at radius 2 is 1.64 bits per heavy atom. The van der Waals surface area contributed by atoms with Crippen LogP contribution in [0.3, 0.4) is 0 Å². The molecule has 0 saturated carbocycles. The summed E-state index contributed by atoms with van der Waals surface area (Å²) < 4.78 is 30.9. The maximum absolute atomic E-state index is 11.0. The summed E-state index contributed by atoms with van der Waals surface area (Å²) in [4.78, 5) is -0.167. The third-order valence-corrected chi connectivity index (χ3v) is 4.57. The molecule has 0 unspecified atom stereocenters. The first-order valence-electron chi connectivity index (χ1n) is 6.85. The van der Waals surface area contributed by atoms with Crippen molar-refractivity contribution < 1.29 is 13.0 Å². The van der Waals surface area contributed by atoms with Gasteiger partial charge >= 0.3 is 0 Å². The fourth-order valence-corrected chi connectivity index (χ4v) is 3.08. The van der Waals surface area contributed by atoms with Crippen molar-refractivity contribution in [3.05, 3.63) is 47.5 Å². The molecule has 2 aromatic rings. The third kappa shape index (κ3) is 2.86. The van der Waals surface area contributed by atoms with Crippen molar-refractivity contribution in [1.82, 2.24) is 0 Å². The predicted molar refractivity (Wildman–Crippen MR) is 83.3 cm³/mol. The highest BCUT2D eigenvalue weighted by Crippen LogP contribution is 2.35. The number of nitrogens with zero attached hydrogens (tertiary/aromatic N) is 2. The molecule has 0 amide bonds. The van der Waals surface area contributed by atoms with E-state index >= 15 is 0 Å². The van der Waals surface area contributed by atoms with Crippen molar-refractivity contribution in [2.75, 3.05) is 5.73 Å². The van der Waals surface area contributed by atoms with Crippen LogP contribution in [-0.4, -0.2) is 13.0 Å². The van der Waals surface area contributed by atoms with Gasteiger partial charge in [-0.05, 0) is 66.8 Å². The van der Waals surface area contributed by atoms with Crippen LogP contribution in [0.4, 0.5) is 17.1 Å². The highest BCUT2D eigenvalue weighted by molar-refractivity contribution is 7.85. The van der Waals surface area contributed by atoms with Gasteiger partial charge in [0.1, 0.15) is 0 Å². The van der Waals surface area contributed by atoms with Gasteiger partial charge in [-0.25, -0.2) is 0 Å². The first-order chi connectivity index (χ1) is 10.4. The Kier molecular flexibility index (Phi) is 3.67. The minimum absolute atomic E-state index is 0.167. The summed E-state index contributed by atoms with van der Waals surface area (Å²) in [5.74, 6) is 0. The standard InChI is InChI=1S/C15H15N3O3S/c16-14-8-9-15(13-3-1-2-12(13)14)18-17-10-4-6-11(7-5-10)22(19,20)21/h4-9H,1-3,16H2,(H,19,20,21)/b18-17+.